The number of benzene rings is 2. The summed E-state index contributed by atoms with van der Waals surface area (Å²) in [4.78, 5) is 0. The van der Waals surface area contributed by atoms with Gasteiger partial charge in [-0.25, -0.2) is 8.78 Å². The van der Waals surface area contributed by atoms with Crippen molar-refractivity contribution in [1.82, 2.24) is 0 Å². The van der Waals surface area contributed by atoms with Crippen LogP contribution in [-0.4, -0.2) is 0 Å². The molecule has 2 aromatic carbocycles. The Morgan fingerprint density at radius 1 is 0.710 bits per heavy atom. The minimum atomic E-state index is -0.805. The van der Waals surface area contributed by atoms with E-state index in [2.05, 4.69) is 31.2 Å². The average Bonchev–Trinajstić information content (AvgIpc) is 2.81. The van der Waals surface area contributed by atoms with Crippen LogP contribution in [0, 0.1) is 29.4 Å². The van der Waals surface area contributed by atoms with E-state index in [-0.39, 0.29) is 0 Å². The third kappa shape index (κ3) is 5.84. The Morgan fingerprint density at radius 3 is 1.90 bits per heavy atom. The molecule has 0 spiro atoms. The van der Waals surface area contributed by atoms with E-state index in [1.54, 1.807) is 6.07 Å². The van der Waals surface area contributed by atoms with Gasteiger partial charge in [0, 0.05) is 0 Å². The third-order valence-electron chi connectivity index (χ3n) is 7.85. The molecule has 2 heteroatoms. The molecular weight excluding hydrogens is 386 g/mol. The van der Waals surface area contributed by atoms with Gasteiger partial charge in [0.15, 0.2) is 11.6 Å². The maximum atomic E-state index is 13.3. The van der Waals surface area contributed by atoms with Crippen LogP contribution in [0.15, 0.2) is 42.5 Å². The van der Waals surface area contributed by atoms with Gasteiger partial charge in [-0.1, -0.05) is 75.1 Å². The molecule has 0 nitrogen and oxygen atoms in total. The molecule has 0 bridgehead atoms. The summed E-state index contributed by atoms with van der Waals surface area (Å²) < 4.78 is 26.4. The van der Waals surface area contributed by atoms with Crippen molar-refractivity contribution in [3.63, 3.8) is 0 Å². The monoisotopic (exact) mass is 422 g/mol. The first kappa shape index (κ1) is 22.2. The van der Waals surface area contributed by atoms with Gasteiger partial charge >= 0.3 is 0 Å². The van der Waals surface area contributed by atoms with Gasteiger partial charge in [-0.3, -0.25) is 0 Å². The molecule has 0 unspecified atom stereocenters. The number of rotatable bonds is 6. The summed E-state index contributed by atoms with van der Waals surface area (Å²) >= 11 is 0. The molecule has 2 aliphatic rings. The van der Waals surface area contributed by atoms with Crippen molar-refractivity contribution >= 4 is 12.2 Å². The normalized spacial score (nSPS) is 26.9. The SMILES string of the molecule is CCC[C@H]1CC[C@H](C2CCC(c3ccc(C=Cc4ccc(F)c(F)c4)cc3)CC2)CC1. The summed E-state index contributed by atoms with van der Waals surface area (Å²) in [5.74, 6) is 2.03. The smallest absolute Gasteiger partial charge is 0.159 e. The van der Waals surface area contributed by atoms with E-state index >= 15 is 0 Å². The lowest BCUT2D eigenvalue weighted by Gasteiger charge is -2.38. The van der Waals surface area contributed by atoms with Crippen LogP contribution in [0.25, 0.3) is 12.2 Å². The Bertz CT molecular complexity index is 851. The summed E-state index contributed by atoms with van der Waals surface area (Å²) in [5.41, 5.74) is 3.21. The Morgan fingerprint density at radius 2 is 1.29 bits per heavy atom. The second-order valence-corrected chi connectivity index (χ2v) is 9.85. The van der Waals surface area contributed by atoms with Gasteiger partial charge in [-0.2, -0.15) is 0 Å². The Hall–Kier alpha value is -1.96. The fraction of sp³-hybridized carbons (Fsp3) is 0.517. The fourth-order valence-electron chi connectivity index (χ4n) is 5.97. The maximum Gasteiger partial charge on any atom is 0.159 e. The quantitative estimate of drug-likeness (QED) is 0.407. The lowest BCUT2D eigenvalue weighted by atomic mass is 9.68. The van der Waals surface area contributed by atoms with Crippen molar-refractivity contribution in [2.75, 3.05) is 0 Å². The largest absolute Gasteiger partial charge is 0.204 e. The third-order valence-corrected chi connectivity index (χ3v) is 7.85. The second-order valence-electron chi connectivity index (χ2n) is 9.85. The van der Waals surface area contributed by atoms with E-state index in [4.69, 9.17) is 0 Å². The zero-order valence-electron chi connectivity index (χ0n) is 18.8. The maximum absolute atomic E-state index is 13.3. The van der Waals surface area contributed by atoms with E-state index in [0.717, 1.165) is 23.3 Å². The van der Waals surface area contributed by atoms with Crippen molar-refractivity contribution < 1.29 is 8.78 Å². The molecule has 2 aromatic rings. The van der Waals surface area contributed by atoms with Crippen molar-refractivity contribution in [3.05, 3.63) is 70.8 Å². The molecule has 0 saturated heterocycles. The highest BCUT2D eigenvalue weighted by atomic mass is 19.2. The van der Waals surface area contributed by atoms with Crippen molar-refractivity contribution in [1.29, 1.82) is 0 Å². The minimum Gasteiger partial charge on any atom is -0.204 e. The van der Waals surface area contributed by atoms with Gasteiger partial charge in [0.25, 0.3) is 0 Å². The molecule has 0 radical (unpaired) electrons. The predicted octanol–water partition coefficient (Wildman–Crippen LogP) is 9.02. The molecule has 0 amide bonds. The molecule has 2 aliphatic carbocycles. The second kappa shape index (κ2) is 10.6. The molecule has 0 heterocycles. The van der Waals surface area contributed by atoms with Crippen LogP contribution in [0.2, 0.25) is 0 Å². The lowest BCUT2D eigenvalue weighted by Crippen LogP contribution is -2.25. The van der Waals surface area contributed by atoms with Crippen molar-refractivity contribution in [2.24, 2.45) is 17.8 Å². The Labute approximate surface area is 186 Å². The average molecular weight is 423 g/mol. The van der Waals surface area contributed by atoms with Gasteiger partial charge in [0.05, 0.1) is 0 Å². The van der Waals surface area contributed by atoms with Gasteiger partial charge in [0.2, 0.25) is 0 Å². The zero-order chi connectivity index (χ0) is 21.6. The molecule has 0 aliphatic heterocycles. The van der Waals surface area contributed by atoms with Crippen LogP contribution < -0.4 is 0 Å². The zero-order valence-corrected chi connectivity index (χ0v) is 18.8. The van der Waals surface area contributed by atoms with Crippen LogP contribution in [-0.2, 0) is 0 Å². The van der Waals surface area contributed by atoms with Gasteiger partial charge in [0.1, 0.15) is 0 Å². The first-order valence-corrected chi connectivity index (χ1v) is 12.4. The summed E-state index contributed by atoms with van der Waals surface area (Å²) in [6.07, 6.45) is 17.9. The van der Waals surface area contributed by atoms with Crippen LogP contribution in [0.4, 0.5) is 8.78 Å². The summed E-state index contributed by atoms with van der Waals surface area (Å²) in [7, 11) is 0. The van der Waals surface area contributed by atoms with Crippen LogP contribution in [0.1, 0.15) is 93.7 Å². The van der Waals surface area contributed by atoms with Crippen molar-refractivity contribution in [2.45, 2.75) is 77.0 Å². The number of halogens is 2. The van der Waals surface area contributed by atoms with E-state index in [1.807, 2.05) is 12.2 Å². The highest BCUT2D eigenvalue weighted by Crippen LogP contribution is 2.44. The summed E-state index contributed by atoms with van der Waals surface area (Å²) in [6.45, 7) is 2.32. The Balaban J connectivity index is 1.27. The highest BCUT2D eigenvalue weighted by Gasteiger charge is 2.31. The Kier molecular flexibility index (Phi) is 7.58. The molecule has 4 rings (SSSR count). The number of hydrogen-bond acceptors (Lipinski definition) is 0. The first-order chi connectivity index (χ1) is 15.1. The van der Waals surface area contributed by atoms with E-state index in [9.17, 15) is 8.78 Å². The molecule has 2 saturated carbocycles. The molecular formula is C29H36F2. The molecule has 0 atom stereocenters. The van der Waals surface area contributed by atoms with E-state index in [1.165, 1.54) is 81.9 Å². The standard InChI is InChI=1S/C29H36F2/c1-2-3-21-6-11-24(12-7-21)26-15-17-27(18-16-26)25-13-8-22(9-14-25)4-5-23-10-19-28(30)29(31)20-23/h4-5,8-10,13-14,19-21,24,26-27H,2-3,6-7,11-12,15-18H2,1H3/t21-,24-,26?,27?. The molecule has 166 valence electrons. The van der Waals surface area contributed by atoms with Gasteiger partial charge in [-0.15, -0.1) is 0 Å². The minimum absolute atomic E-state index is 0.671. The summed E-state index contributed by atoms with van der Waals surface area (Å²) in [6, 6.07) is 12.8. The highest BCUT2D eigenvalue weighted by molar-refractivity contribution is 5.69. The fourth-order valence-corrected chi connectivity index (χ4v) is 5.97. The van der Waals surface area contributed by atoms with E-state index in [0.29, 0.717) is 11.5 Å². The predicted molar refractivity (Wildman–Crippen MR) is 127 cm³/mol. The lowest BCUT2D eigenvalue weighted by molar-refractivity contribution is 0.156. The summed E-state index contributed by atoms with van der Waals surface area (Å²) in [5, 5.41) is 0. The topological polar surface area (TPSA) is 0 Å². The molecule has 0 N–H and O–H groups in total. The molecule has 2 fully saturated rings. The van der Waals surface area contributed by atoms with Crippen molar-refractivity contribution in [3.8, 4) is 0 Å². The van der Waals surface area contributed by atoms with Crippen LogP contribution >= 0.6 is 0 Å². The van der Waals surface area contributed by atoms with Crippen LogP contribution in [0.5, 0.6) is 0 Å². The van der Waals surface area contributed by atoms with Crippen LogP contribution in [0.3, 0.4) is 0 Å². The molecule has 31 heavy (non-hydrogen) atoms. The van der Waals surface area contributed by atoms with Gasteiger partial charge < -0.3 is 0 Å². The first-order valence-electron chi connectivity index (χ1n) is 12.4. The number of hydrogen-bond donors (Lipinski definition) is 0. The van der Waals surface area contributed by atoms with E-state index < -0.39 is 11.6 Å². The molecule has 0 aromatic heterocycles. The van der Waals surface area contributed by atoms with Gasteiger partial charge in [-0.05, 0) is 91.0 Å².